The van der Waals surface area contributed by atoms with E-state index in [-0.39, 0.29) is 25.0 Å². The van der Waals surface area contributed by atoms with Crippen LogP contribution in [0.15, 0.2) is 73.1 Å². The van der Waals surface area contributed by atoms with Crippen LogP contribution >= 0.6 is 0 Å². The predicted molar refractivity (Wildman–Crippen MR) is 128 cm³/mol. The van der Waals surface area contributed by atoms with E-state index in [4.69, 9.17) is 9.47 Å². The molecule has 0 aliphatic heterocycles. The number of fused-ring (bicyclic) bond motifs is 1. The molecule has 0 fully saturated rings. The Labute approximate surface area is 197 Å². The highest BCUT2D eigenvalue weighted by molar-refractivity contribution is 5.98. The van der Waals surface area contributed by atoms with Crippen molar-refractivity contribution in [2.45, 2.75) is 20.1 Å². The van der Waals surface area contributed by atoms with E-state index >= 15 is 0 Å². The lowest BCUT2D eigenvalue weighted by Crippen LogP contribution is -2.36. The van der Waals surface area contributed by atoms with Crippen molar-refractivity contribution in [1.82, 2.24) is 20.0 Å². The topological polar surface area (TPSA) is 94.0 Å². The Hall–Kier alpha value is -4.33. The van der Waals surface area contributed by atoms with Crippen LogP contribution in [0.1, 0.15) is 27.2 Å². The van der Waals surface area contributed by atoms with Gasteiger partial charge in [-0.25, -0.2) is 4.98 Å². The zero-order chi connectivity index (χ0) is 23.9. The Balaban J connectivity index is 1.31. The van der Waals surface area contributed by atoms with Crippen LogP contribution in [0.2, 0.25) is 0 Å². The van der Waals surface area contributed by atoms with E-state index in [1.165, 1.54) is 0 Å². The Morgan fingerprint density at radius 3 is 2.56 bits per heavy atom. The molecule has 8 nitrogen and oxygen atoms in total. The van der Waals surface area contributed by atoms with Crippen molar-refractivity contribution >= 4 is 17.5 Å². The summed E-state index contributed by atoms with van der Waals surface area (Å²) in [5.74, 6) is 0.496. The van der Waals surface area contributed by atoms with Gasteiger partial charge in [0.2, 0.25) is 5.91 Å². The van der Waals surface area contributed by atoms with E-state index in [1.807, 2.05) is 60.1 Å². The van der Waals surface area contributed by atoms with Gasteiger partial charge in [0.05, 0.1) is 24.9 Å². The molecule has 0 bridgehead atoms. The van der Waals surface area contributed by atoms with E-state index in [0.29, 0.717) is 17.9 Å². The quantitative estimate of drug-likeness (QED) is 0.402. The third-order valence-corrected chi connectivity index (χ3v) is 5.29. The second kappa shape index (κ2) is 10.5. The van der Waals surface area contributed by atoms with Crippen LogP contribution in [0.25, 0.3) is 5.65 Å². The summed E-state index contributed by atoms with van der Waals surface area (Å²) in [5, 5.41) is 5.44. The molecule has 174 valence electrons. The van der Waals surface area contributed by atoms with E-state index in [0.717, 1.165) is 28.2 Å². The average molecular weight is 459 g/mol. The molecule has 0 spiro atoms. The maximum absolute atomic E-state index is 12.7. The standard InChI is InChI=1S/C26H26N4O4/c1-18-6-5-13-30-16-20(29-25(18)30)17-34-23-8-4-3-7-22(23)26(32)28-15-24(31)27-14-19-9-11-21(33-2)12-10-19/h3-13,16H,14-15,17H2,1-2H3,(H,27,31)(H,28,32). The van der Waals surface area contributed by atoms with Gasteiger partial charge in [0, 0.05) is 18.9 Å². The number of benzene rings is 2. The summed E-state index contributed by atoms with van der Waals surface area (Å²) in [5.41, 5.74) is 3.97. The van der Waals surface area contributed by atoms with Crippen LogP contribution in [0.3, 0.4) is 0 Å². The largest absolute Gasteiger partial charge is 0.497 e. The molecule has 0 aliphatic rings. The molecule has 0 aliphatic carbocycles. The Bertz CT molecular complexity index is 1300. The van der Waals surface area contributed by atoms with E-state index < -0.39 is 0 Å². The van der Waals surface area contributed by atoms with Crippen LogP contribution in [-0.2, 0) is 17.9 Å². The van der Waals surface area contributed by atoms with Crippen molar-refractivity contribution in [2.75, 3.05) is 13.7 Å². The lowest BCUT2D eigenvalue weighted by atomic mass is 10.2. The summed E-state index contributed by atoms with van der Waals surface area (Å²) in [7, 11) is 1.60. The van der Waals surface area contributed by atoms with Crippen LogP contribution in [0.5, 0.6) is 11.5 Å². The van der Waals surface area contributed by atoms with E-state index in [1.54, 1.807) is 31.4 Å². The number of hydrogen-bond acceptors (Lipinski definition) is 5. The van der Waals surface area contributed by atoms with Gasteiger partial charge in [-0.3, -0.25) is 9.59 Å². The highest BCUT2D eigenvalue weighted by atomic mass is 16.5. The lowest BCUT2D eigenvalue weighted by Gasteiger charge is -2.11. The number of nitrogens with zero attached hydrogens (tertiary/aromatic N) is 2. The minimum absolute atomic E-state index is 0.144. The van der Waals surface area contributed by atoms with E-state index in [9.17, 15) is 9.59 Å². The number of aryl methyl sites for hydroxylation is 1. The molecule has 0 saturated heterocycles. The molecule has 2 amide bonds. The number of aromatic nitrogens is 2. The maximum atomic E-state index is 12.7. The fraction of sp³-hybridized carbons (Fsp3) is 0.192. The number of imidazole rings is 1. The number of ether oxygens (including phenoxy) is 2. The van der Waals surface area contributed by atoms with E-state index in [2.05, 4.69) is 15.6 Å². The van der Waals surface area contributed by atoms with Crippen molar-refractivity contribution < 1.29 is 19.1 Å². The number of methoxy groups -OCH3 is 1. The molecule has 2 aromatic carbocycles. The number of rotatable bonds is 9. The molecule has 0 atom stereocenters. The van der Waals surface area contributed by atoms with Crippen molar-refractivity contribution in [3.8, 4) is 11.5 Å². The highest BCUT2D eigenvalue weighted by Gasteiger charge is 2.14. The van der Waals surface area contributed by atoms with Gasteiger partial charge in [-0.2, -0.15) is 0 Å². The predicted octanol–water partition coefficient (Wildman–Crippen LogP) is 3.28. The second-order valence-corrected chi connectivity index (χ2v) is 7.75. The molecule has 2 N–H and O–H groups in total. The van der Waals surface area contributed by atoms with Gasteiger partial charge in [0.25, 0.3) is 5.91 Å². The molecular weight excluding hydrogens is 432 g/mol. The Kier molecular flexibility index (Phi) is 7.07. The molecule has 4 aromatic rings. The van der Waals surface area contributed by atoms with Crippen molar-refractivity contribution in [3.05, 3.63) is 95.4 Å². The number of carbonyl (C=O) groups excluding carboxylic acids is 2. The Morgan fingerprint density at radius 1 is 1.00 bits per heavy atom. The number of carbonyl (C=O) groups is 2. The average Bonchev–Trinajstić information content (AvgIpc) is 3.30. The number of para-hydroxylation sites is 1. The van der Waals surface area contributed by atoms with Gasteiger partial charge >= 0.3 is 0 Å². The number of amides is 2. The molecule has 0 saturated carbocycles. The first-order chi connectivity index (χ1) is 16.5. The van der Waals surface area contributed by atoms with Gasteiger partial charge in [-0.15, -0.1) is 0 Å². The molecular formula is C26H26N4O4. The number of nitrogens with one attached hydrogen (secondary N) is 2. The summed E-state index contributed by atoms with van der Waals surface area (Å²) in [4.78, 5) is 29.5. The smallest absolute Gasteiger partial charge is 0.255 e. The van der Waals surface area contributed by atoms with Crippen LogP contribution in [-0.4, -0.2) is 34.9 Å². The van der Waals surface area contributed by atoms with Crippen LogP contribution < -0.4 is 20.1 Å². The minimum atomic E-state index is -0.388. The molecule has 34 heavy (non-hydrogen) atoms. The summed E-state index contributed by atoms with van der Waals surface area (Å²) < 4.78 is 13.0. The zero-order valence-corrected chi connectivity index (χ0v) is 19.1. The fourth-order valence-electron chi connectivity index (χ4n) is 3.47. The van der Waals surface area contributed by atoms with Gasteiger partial charge < -0.3 is 24.5 Å². The first-order valence-electron chi connectivity index (χ1n) is 10.9. The zero-order valence-electron chi connectivity index (χ0n) is 19.1. The summed E-state index contributed by atoms with van der Waals surface area (Å²) in [6, 6.07) is 18.3. The first-order valence-corrected chi connectivity index (χ1v) is 10.9. The van der Waals surface area contributed by atoms with Crippen molar-refractivity contribution in [1.29, 1.82) is 0 Å². The molecule has 8 heteroatoms. The number of hydrogen-bond donors (Lipinski definition) is 2. The molecule has 4 rings (SSSR count). The van der Waals surface area contributed by atoms with Gasteiger partial charge in [0.1, 0.15) is 23.8 Å². The van der Waals surface area contributed by atoms with Crippen LogP contribution in [0, 0.1) is 6.92 Å². The highest BCUT2D eigenvalue weighted by Crippen LogP contribution is 2.20. The van der Waals surface area contributed by atoms with Crippen molar-refractivity contribution in [3.63, 3.8) is 0 Å². The third kappa shape index (κ3) is 5.53. The monoisotopic (exact) mass is 458 g/mol. The van der Waals surface area contributed by atoms with Gasteiger partial charge in [-0.1, -0.05) is 30.3 Å². The second-order valence-electron chi connectivity index (χ2n) is 7.75. The molecule has 0 unspecified atom stereocenters. The van der Waals surface area contributed by atoms with Gasteiger partial charge in [0.15, 0.2) is 0 Å². The summed E-state index contributed by atoms with van der Waals surface area (Å²) in [6.07, 6.45) is 3.83. The minimum Gasteiger partial charge on any atom is -0.497 e. The molecule has 2 aromatic heterocycles. The third-order valence-electron chi connectivity index (χ3n) is 5.29. The normalized spacial score (nSPS) is 10.6. The first kappa shape index (κ1) is 22.8. The maximum Gasteiger partial charge on any atom is 0.255 e. The lowest BCUT2D eigenvalue weighted by molar-refractivity contribution is -0.120. The fourth-order valence-corrected chi connectivity index (χ4v) is 3.47. The summed E-state index contributed by atoms with van der Waals surface area (Å²) >= 11 is 0. The molecule has 0 radical (unpaired) electrons. The molecule has 2 heterocycles. The SMILES string of the molecule is COc1ccc(CNC(=O)CNC(=O)c2ccccc2OCc2cn3cccc(C)c3n2)cc1. The van der Waals surface area contributed by atoms with Crippen molar-refractivity contribution in [2.24, 2.45) is 0 Å². The number of pyridine rings is 1. The van der Waals surface area contributed by atoms with Crippen LogP contribution in [0.4, 0.5) is 0 Å². The summed E-state index contributed by atoms with van der Waals surface area (Å²) in [6.45, 7) is 2.43. The Morgan fingerprint density at radius 2 is 1.79 bits per heavy atom. The van der Waals surface area contributed by atoms with Gasteiger partial charge in [-0.05, 0) is 48.4 Å².